The summed E-state index contributed by atoms with van der Waals surface area (Å²) in [6.45, 7) is 1.98. The Kier molecular flexibility index (Phi) is 4.78. The number of ether oxygens (including phenoxy) is 1. The maximum Gasteiger partial charge on any atom is 0.256 e. The highest BCUT2D eigenvalue weighted by molar-refractivity contribution is 5.93. The number of carbonyl (C=O) groups is 1. The van der Waals surface area contributed by atoms with Gasteiger partial charge >= 0.3 is 0 Å². The van der Waals surface area contributed by atoms with Crippen molar-refractivity contribution in [2.75, 3.05) is 31.6 Å². The lowest BCUT2D eigenvalue weighted by Crippen LogP contribution is -2.47. The van der Waals surface area contributed by atoms with Gasteiger partial charge in [-0.15, -0.1) is 0 Å². The van der Waals surface area contributed by atoms with Gasteiger partial charge in [0.25, 0.3) is 5.91 Å². The molecule has 7 heteroatoms. The Morgan fingerprint density at radius 2 is 1.89 bits per heavy atom. The van der Waals surface area contributed by atoms with Crippen LogP contribution in [0.5, 0.6) is 0 Å². The number of hydrogen-bond donors (Lipinski definition) is 0. The van der Waals surface area contributed by atoms with Crippen molar-refractivity contribution in [3.63, 3.8) is 0 Å². The molecule has 6 nitrogen and oxygen atoms in total. The van der Waals surface area contributed by atoms with Crippen molar-refractivity contribution in [1.82, 2.24) is 14.9 Å². The second-order valence-electron chi connectivity index (χ2n) is 7.36. The van der Waals surface area contributed by atoms with Gasteiger partial charge in [0, 0.05) is 38.2 Å². The minimum absolute atomic E-state index is 0.0246. The number of likely N-dealkylation sites (N-methyl/N-ethyl adjacent to an activating group) is 1. The molecule has 1 atom stereocenters. The van der Waals surface area contributed by atoms with Gasteiger partial charge in [-0.2, -0.15) is 0 Å². The molecule has 2 aliphatic heterocycles. The maximum absolute atomic E-state index is 13.2. The zero-order chi connectivity index (χ0) is 18.9. The number of amides is 1. The fourth-order valence-corrected chi connectivity index (χ4v) is 4.01. The number of halogens is 1. The maximum atomic E-state index is 13.2. The van der Waals surface area contributed by atoms with Crippen LogP contribution in [0.2, 0.25) is 0 Å². The molecule has 2 aliphatic rings. The van der Waals surface area contributed by atoms with E-state index in [0.29, 0.717) is 25.3 Å². The largest absolute Gasteiger partial charge is 0.373 e. The summed E-state index contributed by atoms with van der Waals surface area (Å²) in [6.07, 6.45) is 7.09. The van der Waals surface area contributed by atoms with Crippen LogP contribution in [-0.4, -0.2) is 59.2 Å². The molecule has 1 amide bonds. The van der Waals surface area contributed by atoms with E-state index in [4.69, 9.17) is 4.74 Å². The molecule has 1 aromatic carbocycles. The van der Waals surface area contributed by atoms with E-state index in [-0.39, 0.29) is 23.4 Å². The zero-order valence-electron chi connectivity index (χ0n) is 15.3. The minimum atomic E-state index is -0.229. The Morgan fingerprint density at radius 1 is 1.22 bits per heavy atom. The average Bonchev–Trinajstić information content (AvgIpc) is 3.12. The molecule has 2 fully saturated rings. The highest BCUT2D eigenvalue weighted by atomic mass is 19.1. The van der Waals surface area contributed by atoms with Crippen molar-refractivity contribution in [2.45, 2.75) is 30.9 Å². The number of anilines is 1. The predicted molar refractivity (Wildman–Crippen MR) is 99.1 cm³/mol. The summed E-state index contributed by atoms with van der Waals surface area (Å²) < 4.78 is 19.4. The molecular formula is C20H23FN4O2. The molecule has 2 aromatic rings. The third-order valence-electron chi connectivity index (χ3n) is 5.74. The van der Waals surface area contributed by atoms with Gasteiger partial charge in [0.1, 0.15) is 12.1 Å². The van der Waals surface area contributed by atoms with Crippen LogP contribution in [-0.2, 0) is 4.74 Å². The molecule has 0 bridgehead atoms. The lowest BCUT2D eigenvalue weighted by molar-refractivity contribution is -0.0388. The molecule has 0 N–H and O–H groups in total. The number of piperidine rings is 1. The van der Waals surface area contributed by atoms with Crippen LogP contribution in [0.3, 0.4) is 0 Å². The first-order valence-electron chi connectivity index (χ1n) is 9.23. The SMILES string of the molecule is CN(c1ccc(F)cc1)[C@@H]1COC2(CCN(C(=O)c3cncnc3)CC2)C1. The molecule has 1 spiro atoms. The van der Waals surface area contributed by atoms with Crippen molar-refractivity contribution in [1.29, 1.82) is 0 Å². The summed E-state index contributed by atoms with van der Waals surface area (Å²) in [5.74, 6) is -0.254. The molecule has 2 saturated heterocycles. The van der Waals surface area contributed by atoms with E-state index < -0.39 is 0 Å². The van der Waals surface area contributed by atoms with Gasteiger partial charge in [-0.1, -0.05) is 0 Å². The molecule has 0 unspecified atom stereocenters. The molecule has 1 aromatic heterocycles. The monoisotopic (exact) mass is 370 g/mol. The van der Waals surface area contributed by atoms with Crippen LogP contribution in [0.25, 0.3) is 0 Å². The van der Waals surface area contributed by atoms with E-state index >= 15 is 0 Å². The highest BCUT2D eigenvalue weighted by Crippen LogP contribution is 2.38. The Bertz CT molecular complexity index is 791. The number of benzene rings is 1. The van der Waals surface area contributed by atoms with Gasteiger partial charge in [-0.25, -0.2) is 14.4 Å². The molecule has 142 valence electrons. The summed E-state index contributed by atoms with van der Waals surface area (Å²) >= 11 is 0. The van der Waals surface area contributed by atoms with Crippen LogP contribution in [0, 0.1) is 5.82 Å². The first-order chi connectivity index (χ1) is 13.1. The van der Waals surface area contributed by atoms with Gasteiger partial charge in [-0.3, -0.25) is 4.79 Å². The standard InChI is InChI=1S/C20H23FN4O2/c1-24(17-4-2-16(21)3-5-17)18-10-20(27-13-18)6-8-25(9-7-20)19(26)15-11-22-14-23-12-15/h2-5,11-12,14,18H,6-10,13H2,1H3/t18-/m0/s1. The van der Waals surface area contributed by atoms with Crippen LogP contribution < -0.4 is 4.90 Å². The summed E-state index contributed by atoms with van der Waals surface area (Å²) in [7, 11) is 2.02. The topological polar surface area (TPSA) is 58.6 Å². The van der Waals surface area contributed by atoms with Crippen molar-refractivity contribution in [2.24, 2.45) is 0 Å². The lowest BCUT2D eigenvalue weighted by atomic mass is 9.87. The summed E-state index contributed by atoms with van der Waals surface area (Å²) in [4.78, 5) is 24.4. The van der Waals surface area contributed by atoms with Gasteiger partial charge in [0.15, 0.2) is 0 Å². The van der Waals surface area contributed by atoms with Crippen LogP contribution in [0.1, 0.15) is 29.6 Å². The minimum Gasteiger partial charge on any atom is -0.373 e. The molecule has 3 heterocycles. The van der Waals surface area contributed by atoms with E-state index in [9.17, 15) is 9.18 Å². The molecule has 0 radical (unpaired) electrons. The molecule has 0 saturated carbocycles. The number of nitrogens with zero attached hydrogens (tertiary/aromatic N) is 4. The smallest absolute Gasteiger partial charge is 0.256 e. The normalized spacial score (nSPS) is 21.4. The number of rotatable bonds is 3. The van der Waals surface area contributed by atoms with Crippen LogP contribution in [0.15, 0.2) is 43.0 Å². The van der Waals surface area contributed by atoms with E-state index in [1.807, 2.05) is 11.9 Å². The Labute approximate surface area is 158 Å². The average molecular weight is 370 g/mol. The lowest BCUT2D eigenvalue weighted by Gasteiger charge is -2.39. The number of aromatic nitrogens is 2. The molecule has 27 heavy (non-hydrogen) atoms. The third kappa shape index (κ3) is 3.64. The first-order valence-corrected chi connectivity index (χ1v) is 9.23. The van der Waals surface area contributed by atoms with E-state index in [0.717, 1.165) is 24.9 Å². The number of carbonyl (C=O) groups excluding carboxylic acids is 1. The molecule has 0 aliphatic carbocycles. The van der Waals surface area contributed by atoms with Crippen molar-refractivity contribution in [3.8, 4) is 0 Å². The van der Waals surface area contributed by atoms with E-state index in [1.54, 1.807) is 24.5 Å². The predicted octanol–water partition coefficient (Wildman–Crippen LogP) is 2.52. The van der Waals surface area contributed by atoms with Crippen LogP contribution in [0.4, 0.5) is 10.1 Å². The Balaban J connectivity index is 1.36. The van der Waals surface area contributed by atoms with E-state index in [2.05, 4.69) is 14.9 Å². The van der Waals surface area contributed by atoms with Gasteiger partial charge in [-0.05, 0) is 43.5 Å². The van der Waals surface area contributed by atoms with Crippen LogP contribution >= 0.6 is 0 Å². The number of likely N-dealkylation sites (tertiary alicyclic amines) is 1. The van der Waals surface area contributed by atoms with Gasteiger partial charge in [0.05, 0.1) is 23.8 Å². The summed E-state index contributed by atoms with van der Waals surface area (Å²) in [5, 5.41) is 0. The second kappa shape index (κ2) is 7.23. The van der Waals surface area contributed by atoms with Gasteiger partial charge < -0.3 is 14.5 Å². The number of hydrogen-bond acceptors (Lipinski definition) is 5. The quantitative estimate of drug-likeness (QED) is 0.831. The Hall–Kier alpha value is -2.54. The summed E-state index contributed by atoms with van der Waals surface area (Å²) in [6, 6.07) is 6.80. The van der Waals surface area contributed by atoms with Gasteiger partial charge in [0.2, 0.25) is 0 Å². The Morgan fingerprint density at radius 3 is 2.56 bits per heavy atom. The van der Waals surface area contributed by atoms with Crippen molar-refractivity contribution < 1.29 is 13.9 Å². The third-order valence-corrected chi connectivity index (χ3v) is 5.74. The van der Waals surface area contributed by atoms with Crippen molar-refractivity contribution in [3.05, 3.63) is 54.4 Å². The summed E-state index contributed by atoms with van der Waals surface area (Å²) in [5.41, 5.74) is 1.33. The van der Waals surface area contributed by atoms with E-state index in [1.165, 1.54) is 18.5 Å². The molecular weight excluding hydrogens is 347 g/mol. The fourth-order valence-electron chi connectivity index (χ4n) is 4.01. The highest BCUT2D eigenvalue weighted by Gasteiger charge is 2.44. The molecule has 4 rings (SSSR count). The fraction of sp³-hybridized carbons (Fsp3) is 0.450. The second-order valence-corrected chi connectivity index (χ2v) is 7.36. The zero-order valence-corrected chi connectivity index (χ0v) is 15.3. The van der Waals surface area contributed by atoms with Crippen molar-refractivity contribution >= 4 is 11.6 Å². The first kappa shape index (κ1) is 17.9.